The van der Waals surface area contributed by atoms with Crippen LogP contribution in [-0.4, -0.2) is 17.6 Å². The van der Waals surface area contributed by atoms with Gasteiger partial charge in [0.2, 0.25) is 0 Å². The highest BCUT2D eigenvalue weighted by Gasteiger charge is 2.24. The van der Waals surface area contributed by atoms with Crippen LogP contribution in [0.2, 0.25) is 0 Å². The molecule has 1 aliphatic rings. The third-order valence-corrected chi connectivity index (χ3v) is 2.86. The molecule has 0 amide bonds. The number of alkyl halides is 1. The molecule has 1 aromatic rings. The predicted octanol–water partition coefficient (Wildman–Crippen LogP) is 2.98. The van der Waals surface area contributed by atoms with E-state index < -0.39 is 5.97 Å². The topological polar surface area (TPSA) is 38.7 Å². The van der Waals surface area contributed by atoms with Crippen LogP contribution >= 0.6 is 27.5 Å². The first-order valence-corrected chi connectivity index (χ1v) is 5.85. The number of rotatable bonds is 2. The molecular weight excluding hydrogens is 293 g/mol. The number of carbonyl (C=O) groups is 1. The van der Waals surface area contributed by atoms with E-state index >= 15 is 0 Å². The first-order valence-electron chi connectivity index (χ1n) is 4.52. The quantitative estimate of drug-likeness (QED) is 0.478. The van der Waals surface area contributed by atoms with Crippen LogP contribution in [0, 0.1) is 0 Å². The monoisotopic (exact) mass is 299 g/mol. The highest BCUT2D eigenvalue weighted by molar-refractivity contribution is 9.10. The van der Waals surface area contributed by atoms with Crippen LogP contribution in [0.25, 0.3) is 6.08 Å². The van der Waals surface area contributed by atoms with E-state index in [4.69, 9.17) is 11.6 Å². The van der Waals surface area contributed by atoms with Gasteiger partial charge in [-0.15, -0.1) is 11.6 Å². The molecule has 0 atom stereocenters. The molecule has 2 rings (SSSR count). The second-order valence-corrected chi connectivity index (χ2v) is 4.34. The minimum atomic E-state index is -0.460. The van der Waals surface area contributed by atoms with E-state index in [-0.39, 0.29) is 5.88 Å². The summed E-state index contributed by atoms with van der Waals surface area (Å²) in [6.45, 7) is 0. The first kappa shape index (κ1) is 11.4. The van der Waals surface area contributed by atoms with Crippen molar-refractivity contribution in [1.82, 2.24) is 0 Å². The lowest BCUT2D eigenvalue weighted by molar-refractivity contribution is -0.136. The van der Waals surface area contributed by atoms with Crippen LogP contribution in [0.5, 0.6) is 0 Å². The van der Waals surface area contributed by atoms with Crippen LogP contribution in [0.1, 0.15) is 5.56 Å². The fourth-order valence-electron chi connectivity index (χ4n) is 1.28. The number of carbonyl (C=O) groups excluding carboxylic acids is 1. The number of nitrogens with zero attached hydrogens (tertiary/aromatic N) is 1. The lowest BCUT2D eigenvalue weighted by Crippen LogP contribution is -2.06. The molecule has 0 N–H and O–H groups in total. The summed E-state index contributed by atoms with van der Waals surface area (Å²) in [7, 11) is 0. The van der Waals surface area contributed by atoms with Crippen molar-refractivity contribution in [2.45, 2.75) is 0 Å². The van der Waals surface area contributed by atoms with E-state index in [1.54, 1.807) is 6.08 Å². The van der Waals surface area contributed by atoms with Gasteiger partial charge in [-0.2, -0.15) is 0 Å². The summed E-state index contributed by atoms with van der Waals surface area (Å²) in [5.41, 5.74) is 1.78. The Hall–Kier alpha value is -1.13. The minimum absolute atomic E-state index is 0.161. The molecular formula is C11H7BrClNO2. The maximum Gasteiger partial charge on any atom is 0.367 e. The summed E-state index contributed by atoms with van der Waals surface area (Å²) in [6.07, 6.45) is 1.71. The van der Waals surface area contributed by atoms with Gasteiger partial charge in [-0.05, 0) is 23.8 Å². The number of oxime groups is 1. The third-order valence-electron chi connectivity index (χ3n) is 2.08. The minimum Gasteiger partial charge on any atom is -0.312 e. The summed E-state index contributed by atoms with van der Waals surface area (Å²) in [5, 5.41) is 3.59. The fourth-order valence-corrected chi connectivity index (χ4v) is 1.73. The van der Waals surface area contributed by atoms with Crippen molar-refractivity contribution in [2.24, 2.45) is 5.16 Å². The summed E-state index contributed by atoms with van der Waals surface area (Å²) in [6, 6.07) is 7.55. The van der Waals surface area contributed by atoms with Gasteiger partial charge >= 0.3 is 5.97 Å². The largest absolute Gasteiger partial charge is 0.367 e. The first-order chi connectivity index (χ1) is 7.70. The molecule has 0 spiro atoms. The lowest BCUT2D eigenvalue weighted by Gasteiger charge is -1.96. The molecule has 0 saturated heterocycles. The van der Waals surface area contributed by atoms with Gasteiger partial charge in [0.15, 0.2) is 0 Å². The van der Waals surface area contributed by atoms with Crippen LogP contribution in [-0.2, 0) is 9.63 Å². The molecule has 0 aromatic heterocycles. The Morgan fingerprint density at radius 1 is 1.38 bits per heavy atom. The zero-order chi connectivity index (χ0) is 11.5. The average molecular weight is 301 g/mol. The van der Waals surface area contributed by atoms with Gasteiger partial charge in [0, 0.05) is 4.47 Å². The fraction of sp³-hybridized carbons (Fsp3) is 0.0909. The van der Waals surface area contributed by atoms with Crippen molar-refractivity contribution in [3.8, 4) is 0 Å². The molecule has 0 fully saturated rings. The molecule has 0 unspecified atom stereocenters. The highest BCUT2D eigenvalue weighted by atomic mass is 79.9. The molecule has 0 aliphatic carbocycles. The Morgan fingerprint density at radius 3 is 2.69 bits per heavy atom. The molecule has 82 valence electrons. The molecule has 0 radical (unpaired) electrons. The van der Waals surface area contributed by atoms with Crippen molar-refractivity contribution in [3.05, 3.63) is 39.9 Å². The molecule has 1 aromatic carbocycles. The zero-order valence-electron chi connectivity index (χ0n) is 8.11. The maximum absolute atomic E-state index is 11.3. The zero-order valence-corrected chi connectivity index (χ0v) is 10.5. The van der Waals surface area contributed by atoms with Crippen molar-refractivity contribution < 1.29 is 9.63 Å². The van der Waals surface area contributed by atoms with E-state index in [2.05, 4.69) is 25.9 Å². The van der Waals surface area contributed by atoms with Gasteiger partial charge in [-0.1, -0.05) is 33.2 Å². The molecule has 16 heavy (non-hydrogen) atoms. The van der Waals surface area contributed by atoms with Gasteiger partial charge in [-0.3, -0.25) is 0 Å². The molecule has 0 bridgehead atoms. The summed E-state index contributed by atoms with van der Waals surface area (Å²) >= 11 is 8.99. The van der Waals surface area contributed by atoms with Crippen LogP contribution < -0.4 is 0 Å². The predicted molar refractivity (Wildman–Crippen MR) is 66.4 cm³/mol. The smallest absolute Gasteiger partial charge is 0.312 e. The Morgan fingerprint density at radius 2 is 2.06 bits per heavy atom. The van der Waals surface area contributed by atoms with Gasteiger partial charge in [0.05, 0.1) is 11.5 Å². The molecule has 1 aliphatic heterocycles. The standard InChI is InChI=1S/C11H7BrClNO2/c12-8-3-1-7(2-4-8)5-9-10(6-13)14-16-11(9)15/h1-5H,6H2. The Kier molecular flexibility index (Phi) is 3.41. The second kappa shape index (κ2) is 4.80. The van der Waals surface area contributed by atoms with E-state index in [9.17, 15) is 4.79 Å². The van der Waals surface area contributed by atoms with Crippen molar-refractivity contribution in [1.29, 1.82) is 0 Å². The summed E-state index contributed by atoms with van der Waals surface area (Å²) in [5.74, 6) is -0.299. The van der Waals surface area contributed by atoms with E-state index in [0.717, 1.165) is 10.0 Å². The van der Waals surface area contributed by atoms with Crippen molar-refractivity contribution >= 4 is 45.3 Å². The molecule has 0 saturated carbocycles. The lowest BCUT2D eigenvalue weighted by atomic mass is 10.1. The maximum atomic E-state index is 11.3. The van der Waals surface area contributed by atoms with Crippen LogP contribution in [0.3, 0.4) is 0 Å². The summed E-state index contributed by atoms with van der Waals surface area (Å²) < 4.78 is 0.981. The SMILES string of the molecule is O=C1ON=C(CCl)C1=Cc1ccc(Br)cc1. The third kappa shape index (κ3) is 2.33. The van der Waals surface area contributed by atoms with E-state index in [1.165, 1.54) is 0 Å². The number of benzene rings is 1. The average Bonchev–Trinajstić information content (AvgIpc) is 2.63. The Labute approximate surface area is 106 Å². The Balaban J connectivity index is 2.33. The van der Waals surface area contributed by atoms with Crippen LogP contribution in [0.15, 0.2) is 39.5 Å². The Bertz CT molecular complexity index is 479. The summed E-state index contributed by atoms with van der Waals surface area (Å²) in [4.78, 5) is 15.9. The van der Waals surface area contributed by atoms with E-state index in [0.29, 0.717) is 11.3 Å². The second-order valence-electron chi connectivity index (χ2n) is 3.16. The van der Waals surface area contributed by atoms with Gasteiger partial charge in [0.1, 0.15) is 5.71 Å². The van der Waals surface area contributed by atoms with Crippen molar-refractivity contribution in [2.75, 3.05) is 5.88 Å². The molecule has 1 heterocycles. The van der Waals surface area contributed by atoms with Crippen LogP contribution in [0.4, 0.5) is 0 Å². The number of halogens is 2. The van der Waals surface area contributed by atoms with Gasteiger partial charge in [-0.25, -0.2) is 4.79 Å². The van der Waals surface area contributed by atoms with Gasteiger partial charge in [0.25, 0.3) is 0 Å². The van der Waals surface area contributed by atoms with Crippen molar-refractivity contribution in [3.63, 3.8) is 0 Å². The molecule has 3 nitrogen and oxygen atoms in total. The molecule has 5 heteroatoms. The normalized spacial score (nSPS) is 17.5. The van der Waals surface area contributed by atoms with E-state index in [1.807, 2.05) is 24.3 Å². The number of hydrogen-bond donors (Lipinski definition) is 0. The highest BCUT2D eigenvalue weighted by Crippen LogP contribution is 2.18. The number of hydrogen-bond acceptors (Lipinski definition) is 3. The van der Waals surface area contributed by atoms with Gasteiger partial charge < -0.3 is 4.84 Å².